The van der Waals surface area contributed by atoms with Gasteiger partial charge in [0.25, 0.3) is 0 Å². The molecule has 0 aromatic carbocycles. The lowest BCUT2D eigenvalue weighted by Crippen LogP contribution is -2.56. The SMILES string of the molecule is CCC(C)C(N)C(=O)N1CCN(C(=O)CN2C(=O)CCC2=O)CC1. The number of hydrogen-bond donors (Lipinski definition) is 1. The molecule has 2 atom stereocenters. The van der Waals surface area contributed by atoms with E-state index in [0.717, 1.165) is 11.3 Å². The van der Waals surface area contributed by atoms with E-state index in [2.05, 4.69) is 0 Å². The Labute approximate surface area is 141 Å². The third-order valence-corrected chi connectivity index (χ3v) is 4.93. The highest BCUT2D eigenvalue weighted by molar-refractivity contribution is 6.04. The zero-order chi connectivity index (χ0) is 17.9. The third-order valence-electron chi connectivity index (χ3n) is 4.93. The second kappa shape index (κ2) is 7.74. The molecule has 2 aliphatic rings. The Morgan fingerprint density at radius 1 is 1.04 bits per heavy atom. The number of carbonyl (C=O) groups is 4. The van der Waals surface area contributed by atoms with Crippen molar-refractivity contribution in [3.8, 4) is 0 Å². The van der Waals surface area contributed by atoms with Gasteiger partial charge in [0.05, 0.1) is 6.04 Å². The molecule has 0 spiro atoms. The Balaban J connectivity index is 1.84. The summed E-state index contributed by atoms with van der Waals surface area (Å²) in [6.07, 6.45) is 1.20. The molecule has 0 aromatic rings. The lowest BCUT2D eigenvalue weighted by atomic mass is 9.98. The third kappa shape index (κ3) is 3.92. The maximum absolute atomic E-state index is 12.3. The van der Waals surface area contributed by atoms with E-state index in [1.165, 1.54) is 0 Å². The van der Waals surface area contributed by atoms with Crippen molar-refractivity contribution in [1.82, 2.24) is 14.7 Å². The Hall–Kier alpha value is -1.96. The van der Waals surface area contributed by atoms with Gasteiger partial charge in [-0.25, -0.2) is 0 Å². The number of piperazine rings is 1. The highest BCUT2D eigenvalue weighted by Crippen LogP contribution is 2.14. The molecule has 24 heavy (non-hydrogen) atoms. The van der Waals surface area contributed by atoms with Crippen LogP contribution in [0.1, 0.15) is 33.1 Å². The molecule has 2 fully saturated rings. The van der Waals surface area contributed by atoms with Crippen LogP contribution < -0.4 is 5.73 Å². The first kappa shape index (κ1) is 18.4. The van der Waals surface area contributed by atoms with Gasteiger partial charge in [0.1, 0.15) is 6.54 Å². The highest BCUT2D eigenvalue weighted by Gasteiger charge is 2.33. The summed E-state index contributed by atoms with van der Waals surface area (Å²) >= 11 is 0. The fraction of sp³-hybridized carbons (Fsp3) is 0.750. The molecule has 2 rings (SSSR count). The molecule has 2 heterocycles. The summed E-state index contributed by atoms with van der Waals surface area (Å²) < 4.78 is 0. The lowest BCUT2D eigenvalue weighted by molar-refractivity contribution is -0.147. The summed E-state index contributed by atoms with van der Waals surface area (Å²) in [5, 5.41) is 0. The standard InChI is InChI=1S/C16H26N4O4/c1-3-11(2)15(17)16(24)19-8-6-18(7-9-19)14(23)10-20-12(21)4-5-13(20)22/h11,15H,3-10,17H2,1-2H3. The maximum atomic E-state index is 12.3. The molecule has 0 radical (unpaired) electrons. The van der Waals surface area contributed by atoms with Crippen LogP contribution in [0.25, 0.3) is 0 Å². The first-order valence-electron chi connectivity index (χ1n) is 8.50. The van der Waals surface area contributed by atoms with Crippen molar-refractivity contribution >= 4 is 23.6 Å². The van der Waals surface area contributed by atoms with Crippen LogP contribution in [0.3, 0.4) is 0 Å². The van der Waals surface area contributed by atoms with E-state index in [1.54, 1.807) is 9.80 Å². The van der Waals surface area contributed by atoms with Crippen LogP contribution in [0.15, 0.2) is 0 Å². The second-order valence-electron chi connectivity index (χ2n) is 6.49. The van der Waals surface area contributed by atoms with E-state index < -0.39 is 6.04 Å². The van der Waals surface area contributed by atoms with E-state index in [0.29, 0.717) is 26.2 Å². The summed E-state index contributed by atoms with van der Waals surface area (Å²) in [5.74, 6) is -0.800. The number of nitrogens with zero attached hydrogens (tertiary/aromatic N) is 3. The minimum absolute atomic E-state index is 0.0821. The van der Waals surface area contributed by atoms with Gasteiger partial charge >= 0.3 is 0 Å². The molecular formula is C16H26N4O4. The zero-order valence-corrected chi connectivity index (χ0v) is 14.4. The molecule has 2 unspecified atom stereocenters. The van der Waals surface area contributed by atoms with Gasteiger partial charge < -0.3 is 15.5 Å². The molecule has 0 aliphatic carbocycles. The van der Waals surface area contributed by atoms with Gasteiger partial charge in [-0.3, -0.25) is 24.1 Å². The van der Waals surface area contributed by atoms with Gasteiger partial charge in [0.2, 0.25) is 23.6 Å². The quantitative estimate of drug-likeness (QED) is 0.660. The number of hydrogen-bond acceptors (Lipinski definition) is 5. The van der Waals surface area contributed by atoms with Crippen LogP contribution in [0.2, 0.25) is 0 Å². The highest BCUT2D eigenvalue weighted by atomic mass is 16.2. The van der Waals surface area contributed by atoms with Crippen molar-refractivity contribution < 1.29 is 19.2 Å². The molecule has 134 valence electrons. The van der Waals surface area contributed by atoms with Gasteiger partial charge in [-0.15, -0.1) is 0 Å². The largest absolute Gasteiger partial charge is 0.338 e. The summed E-state index contributed by atoms with van der Waals surface area (Å²) in [6.45, 7) is 5.40. The molecule has 0 saturated carbocycles. The van der Waals surface area contributed by atoms with Gasteiger partial charge in [-0.2, -0.15) is 0 Å². The lowest BCUT2D eigenvalue weighted by Gasteiger charge is -2.37. The van der Waals surface area contributed by atoms with E-state index in [-0.39, 0.29) is 48.9 Å². The average molecular weight is 338 g/mol. The average Bonchev–Trinajstić information content (AvgIpc) is 2.91. The number of rotatable bonds is 5. The van der Waals surface area contributed by atoms with Gasteiger partial charge in [-0.1, -0.05) is 20.3 Å². The minimum Gasteiger partial charge on any atom is -0.338 e. The topological polar surface area (TPSA) is 104 Å². The van der Waals surface area contributed by atoms with E-state index in [9.17, 15) is 19.2 Å². The molecule has 0 bridgehead atoms. The molecule has 4 amide bonds. The van der Waals surface area contributed by atoms with Crippen molar-refractivity contribution in [2.24, 2.45) is 11.7 Å². The van der Waals surface area contributed by atoms with E-state index >= 15 is 0 Å². The summed E-state index contributed by atoms with van der Waals surface area (Å²) in [7, 11) is 0. The Morgan fingerprint density at radius 3 is 2.04 bits per heavy atom. The fourth-order valence-electron chi connectivity index (χ4n) is 2.92. The summed E-state index contributed by atoms with van der Waals surface area (Å²) in [6, 6.07) is -0.517. The molecule has 8 heteroatoms. The monoisotopic (exact) mass is 338 g/mol. The summed E-state index contributed by atoms with van der Waals surface area (Å²) in [4.78, 5) is 52.1. The van der Waals surface area contributed by atoms with Crippen LogP contribution in [0, 0.1) is 5.92 Å². The van der Waals surface area contributed by atoms with Crippen molar-refractivity contribution in [3.63, 3.8) is 0 Å². The Morgan fingerprint density at radius 2 is 1.54 bits per heavy atom. The smallest absolute Gasteiger partial charge is 0.242 e. The molecule has 2 saturated heterocycles. The number of imide groups is 1. The maximum Gasteiger partial charge on any atom is 0.242 e. The van der Waals surface area contributed by atoms with Crippen molar-refractivity contribution in [2.45, 2.75) is 39.2 Å². The zero-order valence-electron chi connectivity index (χ0n) is 14.4. The number of nitrogens with two attached hydrogens (primary N) is 1. The molecular weight excluding hydrogens is 312 g/mol. The molecule has 2 aliphatic heterocycles. The van der Waals surface area contributed by atoms with E-state index in [4.69, 9.17) is 5.73 Å². The van der Waals surface area contributed by atoms with Gasteiger partial charge in [0.15, 0.2) is 0 Å². The van der Waals surface area contributed by atoms with E-state index in [1.807, 2.05) is 13.8 Å². The molecule has 0 aromatic heterocycles. The van der Waals surface area contributed by atoms with Crippen LogP contribution in [-0.2, 0) is 19.2 Å². The van der Waals surface area contributed by atoms with Crippen LogP contribution in [0.5, 0.6) is 0 Å². The number of amides is 4. The number of carbonyl (C=O) groups excluding carboxylic acids is 4. The van der Waals surface area contributed by atoms with Crippen LogP contribution in [-0.4, -0.2) is 77.1 Å². The summed E-state index contributed by atoms with van der Waals surface area (Å²) in [5.41, 5.74) is 5.98. The first-order valence-corrected chi connectivity index (χ1v) is 8.50. The Kier molecular flexibility index (Phi) is 5.93. The fourth-order valence-corrected chi connectivity index (χ4v) is 2.92. The molecule has 8 nitrogen and oxygen atoms in total. The van der Waals surface area contributed by atoms with Crippen molar-refractivity contribution in [1.29, 1.82) is 0 Å². The van der Waals surface area contributed by atoms with Gasteiger partial charge in [0, 0.05) is 39.0 Å². The minimum atomic E-state index is -0.517. The molecule has 2 N–H and O–H groups in total. The van der Waals surface area contributed by atoms with Crippen molar-refractivity contribution in [2.75, 3.05) is 32.7 Å². The van der Waals surface area contributed by atoms with Crippen molar-refractivity contribution in [3.05, 3.63) is 0 Å². The normalized spacial score (nSPS) is 21.2. The first-order chi connectivity index (χ1) is 11.3. The van der Waals surface area contributed by atoms with Crippen LogP contribution >= 0.6 is 0 Å². The second-order valence-corrected chi connectivity index (χ2v) is 6.49. The number of likely N-dealkylation sites (tertiary alicyclic amines) is 1. The Bertz CT molecular complexity index is 512. The van der Waals surface area contributed by atoms with Crippen LogP contribution in [0.4, 0.5) is 0 Å². The van der Waals surface area contributed by atoms with Gasteiger partial charge in [-0.05, 0) is 5.92 Å². The predicted molar refractivity (Wildman–Crippen MR) is 86.5 cm³/mol. The predicted octanol–water partition coefficient (Wildman–Crippen LogP) is -0.820.